The average Bonchev–Trinajstić information content (AvgIpc) is 3.28. The van der Waals surface area contributed by atoms with Crippen LogP contribution in [0.1, 0.15) is 74.6 Å². The van der Waals surface area contributed by atoms with Crippen molar-refractivity contribution < 1.29 is 0 Å². The van der Waals surface area contributed by atoms with Crippen molar-refractivity contribution in [2.24, 2.45) is 5.92 Å². The molecule has 1 nitrogen and oxygen atoms in total. The maximum Gasteiger partial charge on any atom is 0.0991 e. The molecule has 0 bridgehead atoms. The molecule has 1 aliphatic rings. The molecule has 0 saturated heterocycles. The highest BCUT2D eigenvalue weighted by Gasteiger charge is 2.24. The number of nitrogens with zero attached hydrogens (tertiary/aromatic N) is 1. The molecular formula is C24H27NS2. The monoisotopic (exact) mass is 393 g/mol. The predicted octanol–water partition coefficient (Wildman–Crippen LogP) is 8.36. The third kappa shape index (κ3) is 4.28. The zero-order valence-corrected chi connectivity index (χ0v) is 17.7. The molecule has 2 heterocycles. The van der Waals surface area contributed by atoms with Gasteiger partial charge in [0.15, 0.2) is 0 Å². The fourth-order valence-corrected chi connectivity index (χ4v) is 6.91. The predicted molar refractivity (Wildman–Crippen MR) is 119 cm³/mol. The second-order valence-electron chi connectivity index (χ2n) is 7.89. The van der Waals surface area contributed by atoms with E-state index in [0.29, 0.717) is 0 Å². The summed E-state index contributed by atoms with van der Waals surface area (Å²) in [6.07, 6.45) is 11.2. The Morgan fingerprint density at radius 2 is 1.70 bits per heavy atom. The van der Waals surface area contributed by atoms with Gasteiger partial charge in [-0.1, -0.05) is 44.7 Å². The van der Waals surface area contributed by atoms with E-state index in [-0.39, 0.29) is 0 Å². The molecule has 3 aromatic rings. The molecule has 0 unspecified atom stereocenters. The first-order valence-electron chi connectivity index (χ1n) is 10.3. The molecule has 3 heteroatoms. The largest absolute Gasteiger partial charge is 0.192 e. The highest BCUT2D eigenvalue weighted by Crippen LogP contribution is 2.45. The molecule has 2 aromatic heterocycles. The van der Waals surface area contributed by atoms with Gasteiger partial charge in [-0.3, -0.25) is 0 Å². The zero-order valence-electron chi connectivity index (χ0n) is 16.0. The maximum absolute atomic E-state index is 8.96. The molecule has 1 aliphatic carbocycles. The molecule has 0 amide bonds. The van der Waals surface area contributed by atoms with Crippen LogP contribution in [0.15, 0.2) is 36.4 Å². The second kappa shape index (κ2) is 8.59. The topological polar surface area (TPSA) is 23.8 Å². The molecule has 140 valence electrons. The van der Waals surface area contributed by atoms with Crippen molar-refractivity contribution in [3.05, 3.63) is 46.8 Å². The number of benzene rings is 1. The minimum absolute atomic E-state index is 0.727. The van der Waals surface area contributed by atoms with Gasteiger partial charge in [-0.25, -0.2) is 0 Å². The van der Waals surface area contributed by atoms with Crippen molar-refractivity contribution in [1.29, 1.82) is 5.26 Å². The summed E-state index contributed by atoms with van der Waals surface area (Å²) in [6, 6.07) is 14.9. The SMILES string of the molecule is CCCCCC1CCC(c2cc3sc(-c4ccc(C#N)cc4)cc3s2)CC1. The van der Waals surface area contributed by atoms with E-state index >= 15 is 0 Å². The lowest BCUT2D eigenvalue weighted by Gasteiger charge is -2.27. The van der Waals surface area contributed by atoms with Crippen LogP contribution in [0.25, 0.3) is 19.8 Å². The van der Waals surface area contributed by atoms with Gasteiger partial charge in [0, 0.05) is 19.2 Å². The molecule has 0 aliphatic heterocycles. The summed E-state index contributed by atoms with van der Waals surface area (Å²) in [4.78, 5) is 2.92. The number of unbranched alkanes of at least 4 members (excludes halogenated alkanes) is 2. The number of rotatable bonds is 6. The van der Waals surface area contributed by atoms with Gasteiger partial charge in [0.05, 0.1) is 11.6 Å². The minimum Gasteiger partial charge on any atom is -0.192 e. The van der Waals surface area contributed by atoms with E-state index < -0.39 is 0 Å². The summed E-state index contributed by atoms with van der Waals surface area (Å²) in [5.41, 5.74) is 1.95. The summed E-state index contributed by atoms with van der Waals surface area (Å²) < 4.78 is 2.86. The van der Waals surface area contributed by atoms with Crippen LogP contribution in [0.4, 0.5) is 0 Å². The Hall–Kier alpha value is -1.63. The van der Waals surface area contributed by atoms with Crippen molar-refractivity contribution >= 4 is 32.1 Å². The lowest BCUT2D eigenvalue weighted by atomic mass is 9.79. The Morgan fingerprint density at radius 3 is 2.37 bits per heavy atom. The van der Waals surface area contributed by atoms with Crippen LogP contribution >= 0.6 is 22.7 Å². The molecule has 0 atom stereocenters. The van der Waals surface area contributed by atoms with E-state index in [1.807, 2.05) is 34.8 Å². The number of fused-ring (bicyclic) bond motifs is 1. The third-order valence-electron chi connectivity index (χ3n) is 5.99. The first-order valence-corrected chi connectivity index (χ1v) is 11.9. The molecule has 0 N–H and O–H groups in total. The van der Waals surface area contributed by atoms with Crippen LogP contribution in [0, 0.1) is 17.2 Å². The van der Waals surface area contributed by atoms with Crippen LogP contribution in [0.2, 0.25) is 0 Å². The van der Waals surface area contributed by atoms with Gasteiger partial charge >= 0.3 is 0 Å². The Balaban J connectivity index is 1.41. The first kappa shape index (κ1) is 18.7. The lowest BCUT2D eigenvalue weighted by Crippen LogP contribution is -2.12. The van der Waals surface area contributed by atoms with Gasteiger partial charge in [0.25, 0.3) is 0 Å². The first-order chi connectivity index (χ1) is 13.3. The average molecular weight is 394 g/mol. The van der Waals surface area contributed by atoms with Crippen LogP contribution < -0.4 is 0 Å². The third-order valence-corrected chi connectivity index (χ3v) is 8.49. The fourth-order valence-electron chi connectivity index (χ4n) is 4.33. The van der Waals surface area contributed by atoms with Gasteiger partial charge in [-0.15, -0.1) is 22.7 Å². The van der Waals surface area contributed by atoms with E-state index in [2.05, 4.69) is 37.3 Å². The summed E-state index contributed by atoms with van der Waals surface area (Å²) in [5.74, 6) is 1.77. The van der Waals surface area contributed by atoms with Crippen LogP contribution in [-0.4, -0.2) is 0 Å². The van der Waals surface area contributed by atoms with Crippen LogP contribution in [0.5, 0.6) is 0 Å². The smallest absolute Gasteiger partial charge is 0.0991 e. The Labute approximate surface area is 170 Å². The Morgan fingerprint density at radius 1 is 0.963 bits per heavy atom. The van der Waals surface area contributed by atoms with Crippen LogP contribution in [-0.2, 0) is 0 Å². The van der Waals surface area contributed by atoms with Crippen molar-refractivity contribution in [2.45, 2.75) is 64.2 Å². The van der Waals surface area contributed by atoms with Gasteiger partial charge in [0.1, 0.15) is 0 Å². The molecule has 0 radical (unpaired) electrons. The zero-order chi connectivity index (χ0) is 18.6. The molecule has 1 aromatic carbocycles. The Kier molecular flexibility index (Phi) is 5.95. The normalized spacial score (nSPS) is 20.0. The van der Waals surface area contributed by atoms with Crippen molar-refractivity contribution in [1.82, 2.24) is 0 Å². The van der Waals surface area contributed by atoms with Crippen LogP contribution in [0.3, 0.4) is 0 Å². The van der Waals surface area contributed by atoms with Gasteiger partial charge < -0.3 is 0 Å². The van der Waals surface area contributed by atoms with Gasteiger partial charge in [-0.05, 0) is 67.3 Å². The molecule has 4 rings (SSSR count). The molecule has 1 fully saturated rings. The maximum atomic E-state index is 8.96. The van der Waals surface area contributed by atoms with Gasteiger partial charge in [-0.2, -0.15) is 5.26 Å². The highest BCUT2D eigenvalue weighted by atomic mass is 32.1. The summed E-state index contributed by atoms with van der Waals surface area (Å²) in [5, 5.41) is 8.96. The van der Waals surface area contributed by atoms with Crippen molar-refractivity contribution in [3.63, 3.8) is 0 Å². The number of nitriles is 1. The van der Waals surface area contributed by atoms with E-state index in [0.717, 1.165) is 17.4 Å². The van der Waals surface area contributed by atoms with Crippen molar-refractivity contribution in [3.8, 4) is 16.5 Å². The molecule has 1 saturated carbocycles. The van der Waals surface area contributed by atoms with E-state index in [4.69, 9.17) is 5.26 Å². The minimum atomic E-state index is 0.727. The standard InChI is InChI=1S/C24H27NS2/c1-2-3-4-5-17-6-10-19(11-7-17)21-14-23-24(26-21)15-22(27-23)20-12-8-18(16-25)9-13-20/h8-9,12-15,17,19H,2-7,10-11H2,1H3. The number of hydrogen-bond donors (Lipinski definition) is 0. The number of hydrogen-bond acceptors (Lipinski definition) is 3. The Bertz CT molecular complexity index is 886. The van der Waals surface area contributed by atoms with E-state index in [1.54, 1.807) is 4.88 Å². The van der Waals surface area contributed by atoms with E-state index in [1.165, 1.54) is 71.2 Å². The lowest BCUT2D eigenvalue weighted by molar-refractivity contribution is 0.305. The number of thiophene rings is 2. The van der Waals surface area contributed by atoms with Crippen molar-refractivity contribution in [2.75, 3.05) is 0 Å². The highest BCUT2D eigenvalue weighted by molar-refractivity contribution is 7.29. The summed E-state index contributed by atoms with van der Waals surface area (Å²) >= 11 is 3.90. The quantitative estimate of drug-likeness (QED) is 0.386. The van der Waals surface area contributed by atoms with Gasteiger partial charge in [0.2, 0.25) is 0 Å². The van der Waals surface area contributed by atoms with E-state index in [9.17, 15) is 0 Å². The fraction of sp³-hybridized carbons (Fsp3) is 0.458. The molecule has 27 heavy (non-hydrogen) atoms. The summed E-state index contributed by atoms with van der Waals surface area (Å²) in [7, 11) is 0. The molecular weight excluding hydrogens is 366 g/mol. The summed E-state index contributed by atoms with van der Waals surface area (Å²) in [6.45, 7) is 2.30. The second-order valence-corrected chi connectivity index (χ2v) is 10.1. The molecule has 0 spiro atoms.